The van der Waals surface area contributed by atoms with Crippen LogP contribution in [0, 0.1) is 0 Å². The third-order valence-electron chi connectivity index (χ3n) is 4.65. The first-order valence-electron chi connectivity index (χ1n) is 9.09. The van der Waals surface area contributed by atoms with Crippen LogP contribution in [-0.4, -0.2) is 21.6 Å². The fraction of sp³-hybridized carbons (Fsp3) is 0. The number of fused-ring (bicyclic) bond motifs is 3. The predicted octanol–water partition coefficient (Wildman–Crippen LogP) is 4.73. The van der Waals surface area contributed by atoms with Gasteiger partial charge in [-0.1, -0.05) is 48.5 Å². The highest BCUT2D eigenvalue weighted by atomic mass is 16.4. The molecule has 7 nitrogen and oxygen atoms in total. The first kappa shape index (κ1) is 15.8. The fourth-order valence-corrected chi connectivity index (χ4v) is 3.33. The van der Waals surface area contributed by atoms with Crippen LogP contribution in [0.4, 0.5) is 12.0 Å². The van der Waals surface area contributed by atoms with Crippen LogP contribution in [0.25, 0.3) is 22.2 Å². The number of para-hydroxylation sites is 4. The first-order valence-corrected chi connectivity index (χ1v) is 9.09. The summed E-state index contributed by atoms with van der Waals surface area (Å²) in [7, 11) is 0. The van der Waals surface area contributed by atoms with E-state index in [1.54, 1.807) is 0 Å². The highest BCUT2D eigenvalue weighted by Gasteiger charge is 2.24. The van der Waals surface area contributed by atoms with Crippen LogP contribution in [0.15, 0.2) is 91.6 Å². The van der Waals surface area contributed by atoms with Crippen LogP contribution in [0.1, 0.15) is 11.1 Å². The molecule has 0 bridgehead atoms. The Kier molecular flexibility index (Phi) is 3.33. The van der Waals surface area contributed by atoms with Crippen molar-refractivity contribution in [3.05, 3.63) is 83.9 Å². The van der Waals surface area contributed by atoms with Gasteiger partial charge in [0.05, 0.1) is 0 Å². The molecule has 0 spiro atoms. The second kappa shape index (κ2) is 6.13. The zero-order valence-electron chi connectivity index (χ0n) is 15.0. The minimum atomic E-state index is 0.284. The van der Waals surface area contributed by atoms with Crippen molar-refractivity contribution in [1.82, 2.24) is 15.3 Å². The van der Waals surface area contributed by atoms with Gasteiger partial charge in [-0.15, -0.1) is 0 Å². The Morgan fingerprint density at radius 1 is 0.586 bits per heavy atom. The molecule has 138 valence electrons. The molecule has 0 aliphatic carbocycles. The largest absolute Gasteiger partial charge is 0.422 e. The van der Waals surface area contributed by atoms with E-state index in [1.807, 2.05) is 72.8 Å². The van der Waals surface area contributed by atoms with Crippen LogP contribution < -0.4 is 5.32 Å². The van der Waals surface area contributed by atoms with E-state index >= 15 is 0 Å². The van der Waals surface area contributed by atoms with Crippen molar-refractivity contribution in [2.75, 3.05) is 0 Å². The molecule has 0 saturated carbocycles. The van der Waals surface area contributed by atoms with Crippen molar-refractivity contribution in [3.63, 3.8) is 0 Å². The average molecular weight is 379 g/mol. The Morgan fingerprint density at radius 3 is 1.52 bits per heavy atom. The maximum absolute atomic E-state index is 5.73. The molecular formula is C22H13N5O2. The Bertz CT molecular complexity index is 1270. The number of nitrogens with zero attached hydrogens (tertiary/aromatic N) is 4. The minimum absolute atomic E-state index is 0.284. The normalized spacial score (nSPS) is 16.0. The molecule has 0 radical (unpaired) electrons. The molecule has 5 aromatic rings. The number of oxazole rings is 2. The lowest BCUT2D eigenvalue weighted by atomic mass is 10.1. The van der Waals surface area contributed by atoms with Crippen molar-refractivity contribution in [1.29, 1.82) is 0 Å². The Balaban J connectivity index is 1.44. The van der Waals surface area contributed by atoms with Crippen molar-refractivity contribution in [2.24, 2.45) is 9.98 Å². The first-order chi connectivity index (χ1) is 14.3. The molecule has 7 heteroatoms. The topological polar surface area (TPSA) is 88.8 Å². The summed E-state index contributed by atoms with van der Waals surface area (Å²) in [4.78, 5) is 18.0. The molecule has 3 aromatic carbocycles. The van der Waals surface area contributed by atoms with Gasteiger partial charge in [-0.25, -0.2) is 0 Å². The van der Waals surface area contributed by atoms with Gasteiger partial charge in [-0.05, 0) is 24.3 Å². The van der Waals surface area contributed by atoms with Crippen LogP contribution in [0.5, 0.6) is 0 Å². The summed E-state index contributed by atoms with van der Waals surface area (Å²) in [5.41, 5.74) is 4.73. The lowest BCUT2D eigenvalue weighted by Crippen LogP contribution is -2.22. The van der Waals surface area contributed by atoms with E-state index in [4.69, 9.17) is 8.83 Å². The zero-order chi connectivity index (χ0) is 19.2. The van der Waals surface area contributed by atoms with Crippen LogP contribution in [-0.2, 0) is 0 Å². The van der Waals surface area contributed by atoms with Gasteiger partial charge in [0.1, 0.15) is 22.7 Å². The van der Waals surface area contributed by atoms with Gasteiger partial charge in [-0.2, -0.15) is 20.0 Å². The molecule has 29 heavy (non-hydrogen) atoms. The van der Waals surface area contributed by atoms with E-state index in [0.717, 1.165) is 22.2 Å². The number of amidine groups is 2. The summed E-state index contributed by atoms with van der Waals surface area (Å²) in [5, 5.41) is 3.24. The molecule has 3 heterocycles. The van der Waals surface area contributed by atoms with Crippen molar-refractivity contribution >= 4 is 45.9 Å². The third kappa shape index (κ3) is 2.68. The lowest BCUT2D eigenvalue weighted by Gasteiger charge is -1.97. The van der Waals surface area contributed by atoms with Gasteiger partial charge < -0.3 is 14.2 Å². The van der Waals surface area contributed by atoms with E-state index in [9.17, 15) is 0 Å². The quantitative estimate of drug-likeness (QED) is 0.479. The van der Waals surface area contributed by atoms with E-state index in [1.165, 1.54) is 0 Å². The summed E-state index contributed by atoms with van der Waals surface area (Å²) in [6.07, 6.45) is 0. The molecule has 1 aliphatic heterocycles. The summed E-state index contributed by atoms with van der Waals surface area (Å²) in [6, 6.07) is 23.5. The second-order valence-corrected chi connectivity index (χ2v) is 6.52. The molecule has 0 amide bonds. The Hall–Kier alpha value is -4.26. The highest BCUT2D eigenvalue weighted by Crippen LogP contribution is 2.26. The summed E-state index contributed by atoms with van der Waals surface area (Å²) >= 11 is 0. The summed E-state index contributed by atoms with van der Waals surface area (Å²) in [5.74, 6) is 1.23. The molecule has 1 N–H and O–H groups in total. The standard InChI is InChI=1S/C22H13N5O2/c1-2-8-14-13(7-1)19(26-21-23-15-9-3-5-11-17(15)28-21)25-20(14)27-22-24-16-10-4-6-12-18(16)29-22/h1-12H,(H,23,24,25,26,27). The maximum Gasteiger partial charge on any atom is 0.324 e. The SMILES string of the molecule is c1ccc2c(c1)C(=Nc1nc3ccccc3o1)NC2=Nc1nc2ccccc2o1. The Morgan fingerprint density at radius 2 is 1.03 bits per heavy atom. The molecule has 0 atom stereocenters. The Labute approximate surface area is 164 Å². The van der Waals surface area contributed by atoms with Crippen molar-refractivity contribution in [2.45, 2.75) is 0 Å². The van der Waals surface area contributed by atoms with Gasteiger partial charge in [0.2, 0.25) is 0 Å². The minimum Gasteiger partial charge on any atom is -0.422 e. The van der Waals surface area contributed by atoms with Crippen molar-refractivity contribution < 1.29 is 8.83 Å². The number of hydrogen-bond acceptors (Lipinski definition) is 6. The van der Waals surface area contributed by atoms with E-state index < -0.39 is 0 Å². The van der Waals surface area contributed by atoms with E-state index in [0.29, 0.717) is 22.8 Å². The third-order valence-corrected chi connectivity index (χ3v) is 4.65. The molecule has 0 saturated heterocycles. The smallest absolute Gasteiger partial charge is 0.324 e. The molecular weight excluding hydrogens is 366 g/mol. The van der Waals surface area contributed by atoms with Gasteiger partial charge in [0.25, 0.3) is 0 Å². The molecule has 1 aliphatic rings. The van der Waals surface area contributed by atoms with E-state index in [2.05, 4.69) is 25.3 Å². The van der Waals surface area contributed by atoms with Crippen LogP contribution >= 0.6 is 0 Å². The van der Waals surface area contributed by atoms with Crippen LogP contribution in [0.2, 0.25) is 0 Å². The molecule has 2 aromatic heterocycles. The molecule has 6 rings (SSSR count). The van der Waals surface area contributed by atoms with Gasteiger partial charge in [0.15, 0.2) is 11.2 Å². The molecule has 0 unspecified atom stereocenters. The maximum atomic E-state index is 5.73. The van der Waals surface area contributed by atoms with E-state index in [-0.39, 0.29) is 12.0 Å². The monoisotopic (exact) mass is 379 g/mol. The highest BCUT2D eigenvalue weighted by molar-refractivity contribution is 6.26. The fourth-order valence-electron chi connectivity index (χ4n) is 3.33. The second-order valence-electron chi connectivity index (χ2n) is 6.52. The molecule has 0 fully saturated rings. The average Bonchev–Trinajstić information content (AvgIpc) is 3.43. The number of hydrogen-bond donors (Lipinski definition) is 1. The summed E-state index contributed by atoms with van der Waals surface area (Å²) in [6.45, 7) is 0. The van der Waals surface area contributed by atoms with Gasteiger partial charge in [-0.3, -0.25) is 0 Å². The van der Waals surface area contributed by atoms with Crippen molar-refractivity contribution in [3.8, 4) is 0 Å². The number of rotatable bonds is 2. The van der Waals surface area contributed by atoms with Gasteiger partial charge in [0, 0.05) is 11.1 Å². The summed E-state index contributed by atoms with van der Waals surface area (Å²) < 4.78 is 11.5. The number of nitrogens with one attached hydrogen (secondary N) is 1. The van der Waals surface area contributed by atoms with Gasteiger partial charge >= 0.3 is 12.0 Å². The lowest BCUT2D eigenvalue weighted by molar-refractivity contribution is 0.613. The number of aromatic nitrogens is 2. The number of benzene rings is 3. The zero-order valence-corrected chi connectivity index (χ0v) is 15.0. The predicted molar refractivity (Wildman–Crippen MR) is 110 cm³/mol. The van der Waals surface area contributed by atoms with Crippen LogP contribution in [0.3, 0.4) is 0 Å². The number of aliphatic imine (C=N–C) groups is 2.